The SMILES string of the molecule is NNC(=O)c1ccncc2cncc1-2. The number of aromatic nitrogens is 2. The van der Waals surface area contributed by atoms with Crippen molar-refractivity contribution in [2.45, 2.75) is 0 Å². The normalized spacial score (nSPS) is 10.1. The number of hydrogen-bond acceptors (Lipinski definition) is 4. The van der Waals surface area contributed by atoms with E-state index in [4.69, 9.17) is 5.84 Å². The van der Waals surface area contributed by atoms with Gasteiger partial charge in [0.2, 0.25) is 0 Å². The summed E-state index contributed by atoms with van der Waals surface area (Å²) in [6.45, 7) is 0. The van der Waals surface area contributed by atoms with Crippen LogP contribution in [0.4, 0.5) is 0 Å². The molecule has 5 nitrogen and oxygen atoms in total. The molecule has 5 heteroatoms. The summed E-state index contributed by atoms with van der Waals surface area (Å²) in [5, 5.41) is 0. The number of amides is 1. The van der Waals surface area contributed by atoms with Crippen molar-refractivity contribution >= 4 is 5.91 Å². The van der Waals surface area contributed by atoms with E-state index in [0.29, 0.717) is 5.56 Å². The smallest absolute Gasteiger partial charge is 0.265 e. The second kappa shape index (κ2) is 3.39. The summed E-state index contributed by atoms with van der Waals surface area (Å²) in [5.41, 5.74) is 4.11. The molecule has 0 aliphatic carbocycles. The van der Waals surface area contributed by atoms with Crippen LogP contribution in [0.25, 0.3) is 11.1 Å². The second-order valence-electron chi connectivity index (χ2n) is 2.76. The highest BCUT2D eigenvalue weighted by atomic mass is 16.2. The summed E-state index contributed by atoms with van der Waals surface area (Å²) in [5.74, 6) is 4.72. The molecule has 0 fully saturated rings. The zero-order valence-electron chi connectivity index (χ0n) is 7.27. The van der Waals surface area contributed by atoms with Crippen LogP contribution in [0, 0.1) is 0 Å². The van der Waals surface area contributed by atoms with E-state index in [-0.39, 0.29) is 5.91 Å². The molecule has 0 saturated heterocycles. The Kier molecular flexibility index (Phi) is 2.08. The van der Waals surface area contributed by atoms with E-state index in [1.54, 1.807) is 30.9 Å². The summed E-state index contributed by atoms with van der Waals surface area (Å²) in [6.07, 6.45) is 6.46. The molecule has 2 aliphatic heterocycles. The van der Waals surface area contributed by atoms with Gasteiger partial charge in [0.25, 0.3) is 5.91 Å². The van der Waals surface area contributed by atoms with Gasteiger partial charge in [-0.1, -0.05) is 0 Å². The summed E-state index contributed by atoms with van der Waals surface area (Å²) in [6, 6.07) is 1.60. The number of nitrogens with two attached hydrogens (primary N) is 1. The number of rotatable bonds is 1. The number of nitrogen functional groups attached to an aromatic ring is 1. The Morgan fingerprint density at radius 3 is 2.86 bits per heavy atom. The number of hydrazine groups is 1. The Labute approximate surface area is 80.3 Å². The van der Waals surface area contributed by atoms with Crippen LogP contribution in [0.3, 0.4) is 0 Å². The molecule has 0 atom stereocenters. The van der Waals surface area contributed by atoms with Gasteiger partial charge in [-0.2, -0.15) is 0 Å². The maximum atomic E-state index is 11.4. The first kappa shape index (κ1) is 8.58. The number of nitrogens with zero attached hydrogens (tertiary/aromatic N) is 2. The van der Waals surface area contributed by atoms with Gasteiger partial charge >= 0.3 is 0 Å². The van der Waals surface area contributed by atoms with Crippen molar-refractivity contribution in [3.05, 3.63) is 36.4 Å². The lowest BCUT2D eigenvalue weighted by Gasteiger charge is -1.99. The summed E-state index contributed by atoms with van der Waals surface area (Å²) < 4.78 is 0. The third-order valence-corrected chi connectivity index (χ3v) is 1.94. The molecule has 0 aromatic carbocycles. The first-order valence-corrected chi connectivity index (χ1v) is 4.01. The summed E-state index contributed by atoms with van der Waals surface area (Å²) >= 11 is 0. The Bertz CT molecular complexity index is 443. The highest BCUT2D eigenvalue weighted by Crippen LogP contribution is 2.22. The standard InChI is InChI=1S/C9H8N4O/c10-13-9(14)7-1-2-11-3-6-4-12-5-8(6)7/h1-5H,10H2,(H,13,14). The zero-order chi connectivity index (χ0) is 9.97. The van der Waals surface area contributed by atoms with E-state index in [9.17, 15) is 4.79 Å². The molecule has 0 unspecified atom stereocenters. The van der Waals surface area contributed by atoms with Crippen LogP contribution >= 0.6 is 0 Å². The molecule has 0 saturated carbocycles. The van der Waals surface area contributed by atoms with Crippen molar-refractivity contribution < 1.29 is 4.79 Å². The van der Waals surface area contributed by atoms with Gasteiger partial charge in [0.05, 0.1) is 5.56 Å². The van der Waals surface area contributed by atoms with Gasteiger partial charge in [0, 0.05) is 35.9 Å². The van der Waals surface area contributed by atoms with Crippen molar-refractivity contribution in [1.82, 2.24) is 15.4 Å². The van der Waals surface area contributed by atoms with Gasteiger partial charge in [-0.3, -0.25) is 20.2 Å². The Morgan fingerprint density at radius 1 is 1.29 bits per heavy atom. The first-order valence-electron chi connectivity index (χ1n) is 4.01. The Morgan fingerprint density at radius 2 is 2.07 bits per heavy atom. The quantitative estimate of drug-likeness (QED) is 0.380. The first-order chi connectivity index (χ1) is 6.83. The Balaban J connectivity index is 2.63. The maximum absolute atomic E-state index is 11.4. The Hall–Kier alpha value is -2.01. The fourth-order valence-corrected chi connectivity index (χ4v) is 1.27. The molecule has 0 aromatic heterocycles. The monoisotopic (exact) mass is 188 g/mol. The van der Waals surface area contributed by atoms with Crippen LogP contribution in [0.15, 0.2) is 30.9 Å². The van der Waals surface area contributed by atoms with Gasteiger partial charge in [-0.15, -0.1) is 0 Å². The predicted molar refractivity (Wildman–Crippen MR) is 50.3 cm³/mol. The minimum Gasteiger partial charge on any atom is -0.290 e. The lowest BCUT2D eigenvalue weighted by Crippen LogP contribution is -2.30. The number of fused-ring (bicyclic) bond motifs is 1. The van der Waals surface area contributed by atoms with E-state index in [2.05, 4.69) is 15.4 Å². The van der Waals surface area contributed by atoms with Gasteiger partial charge < -0.3 is 0 Å². The van der Waals surface area contributed by atoms with E-state index in [1.165, 1.54) is 0 Å². The minimum absolute atomic E-state index is 0.346. The molecule has 14 heavy (non-hydrogen) atoms. The van der Waals surface area contributed by atoms with Crippen LogP contribution in [-0.4, -0.2) is 15.9 Å². The third-order valence-electron chi connectivity index (χ3n) is 1.94. The minimum atomic E-state index is -0.346. The van der Waals surface area contributed by atoms with Crippen LogP contribution < -0.4 is 11.3 Å². The fourth-order valence-electron chi connectivity index (χ4n) is 1.27. The van der Waals surface area contributed by atoms with Crippen molar-refractivity contribution in [2.24, 2.45) is 5.84 Å². The molecule has 0 spiro atoms. The molecule has 2 aliphatic rings. The van der Waals surface area contributed by atoms with E-state index in [1.807, 2.05) is 0 Å². The van der Waals surface area contributed by atoms with Gasteiger partial charge in [0.1, 0.15) is 0 Å². The average Bonchev–Trinajstić information content (AvgIpc) is 2.57. The lowest BCUT2D eigenvalue weighted by molar-refractivity contribution is 0.0954. The third kappa shape index (κ3) is 1.29. The number of carbonyl (C=O) groups is 1. The molecule has 0 aromatic rings. The number of hydrogen-bond donors (Lipinski definition) is 2. The highest BCUT2D eigenvalue weighted by molar-refractivity contribution is 6.00. The molecule has 1 amide bonds. The van der Waals surface area contributed by atoms with Crippen LogP contribution in [0.2, 0.25) is 0 Å². The van der Waals surface area contributed by atoms with Crippen LogP contribution in [-0.2, 0) is 0 Å². The van der Waals surface area contributed by atoms with Crippen LogP contribution in [0.1, 0.15) is 10.4 Å². The molecule has 0 bridgehead atoms. The van der Waals surface area contributed by atoms with Crippen LogP contribution in [0.5, 0.6) is 0 Å². The topological polar surface area (TPSA) is 80.9 Å². The van der Waals surface area contributed by atoms with Crippen molar-refractivity contribution in [2.75, 3.05) is 0 Å². The van der Waals surface area contributed by atoms with E-state index in [0.717, 1.165) is 11.1 Å². The molecule has 70 valence electrons. The lowest BCUT2D eigenvalue weighted by atomic mass is 10.1. The molecule has 2 heterocycles. The molecule has 2 rings (SSSR count). The maximum Gasteiger partial charge on any atom is 0.265 e. The fraction of sp³-hybridized carbons (Fsp3) is 0. The largest absolute Gasteiger partial charge is 0.290 e. The average molecular weight is 188 g/mol. The van der Waals surface area contributed by atoms with E-state index >= 15 is 0 Å². The molecular weight excluding hydrogens is 180 g/mol. The number of nitrogens with one attached hydrogen (secondary N) is 1. The van der Waals surface area contributed by atoms with Crippen molar-refractivity contribution in [3.63, 3.8) is 0 Å². The van der Waals surface area contributed by atoms with Crippen molar-refractivity contribution in [3.8, 4) is 11.1 Å². The zero-order valence-corrected chi connectivity index (χ0v) is 7.27. The van der Waals surface area contributed by atoms with E-state index < -0.39 is 0 Å². The van der Waals surface area contributed by atoms with Gasteiger partial charge in [-0.25, -0.2) is 5.84 Å². The molecule has 3 N–H and O–H groups in total. The number of carbonyl (C=O) groups excluding carboxylic acids is 1. The molecule has 0 radical (unpaired) electrons. The van der Waals surface area contributed by atoms with Crippen molar-refractivity contribution in [1.29, 1.82) is 0 Å². The highest BCUT2D eigenvalue weighted by Gasteiger charge is 2.12. The van der Waals surface area contributed by atoms with Gasteiger partial charge in [0.15, 0.2) is 0 Å². The molecular formula is C9H8N4O. The summed E-state index contributed by atoms with van der Waals surface area (Å²) in [7, 11) is 0. The van der Waals surface area contributed by atoms with Gasteiger partial charge in [-0.05, 0) is 6.07 Å². The predicted octanol–water partition coefficient (Wildman–Crippen LogP) is 0.185. The summed E-state index contributed by atoms with van der Waals surface area (Å²) in [4.78, 5) is 19.3. The second-order valence-corrected chi connectivity index (χ2v) is 2.76.